The van der Waals surface area contributed by atoms with Crippen LogP contribution in [0.1, 0.15) is 37.7 Å². The topological polar surface area (TPSA) is 61.7 Å². The predicted molar refractivity (Wildman–Crippen MR) is 84.0 cm³/mol. The zero-order valence-corrected chi connectivity index (χ0v) is 12.5. The van der Waals surface area contributed by atoms with E-state index in [-0.39, 0.29) is 6.04 Å². The number of hydrogen-bond acceptors (Lipinski definition) is 3. The van der Waals surface area contributed by atoms with Crippen LogP contribution >= 0.6 is 0 Å². The summed E-state index contributed by atoms with van der Waals surface area (Å²) in [5.74, 6) is 1.05. The zero-order chi connectivity index (χ0) is 14.8. The second-order valence-electron chi connectivity index (χ2n) is 5.31. The molecule has 1 unspecified atom stereocenters. The Balaban J connectivity index is 2.14. The molecule has 0 aliphatic heterocycles. The van der Waals surface area contributed by atoms with Crippen molar-refractivity contribution in [3.63, 3.8) is 0 Å². The van der Waals surface area contributed by atoms with Crippen molar-refractivity contribution in [2.24, 2.45) is 5.73 Å². The Morgan fingerprint density at radius 2 is 2.19 bits per heavy atom. The molecule has 0 aliphatic rings. The molecule has 0 amide bonds. The van der Waals surface area contributed by atoms with Crippen molar-refractivity contribution in [2.45, 2.75) is 39.4 Å². The molecule has 2 aromatic heterocycles. The van der Waals surface area contributed by atoms with Crippen LogP contribution in [0.2, 0.25) is 0 Å². The first-order valence-electron chi connectivity index (χ1n) is 7.42. The molecule has 3 rings (SSSR count). The van der Waals surface area contributed by atoms with Crippen LogP contribution in [0, 0.1) is 0 Å². The minimum Gasteiger partial charge on any atom is -0.326 e. The number of benzene rings is 1. The number of fused-ring (bicyclic) bond motifs is 1. The van der Waals surface area contributed by atoms with Crippen molar-refractivity contribution in [3.8, 4) is 0 Å². The summed E-state index contributed by atoms with van der Waals surface area (Å²) in [6.07, 6.45) is 4.85. The largest absolute Gasteiger partial charge is 0.326 e. The summed E-state index contributed by atoms with van der Waals surface area (Å²) in [7, 11) is 0. The molecule has 110 valence electrons. The smallest absolute Gasteiger partial charge is 0.134 e. The summed E-state index contributed by atoms with van der Waals surface area (Å²) in [5, 5.41) is 4.34. The highest BCUT2D eigenvalue weighted by molar-refractivity contribution is 5.77. The maximum absolute atomic E-state index is 5.73. The Bertz CT molecular complexity index is 727. The van der Waals surface area contributed by atoms with Gasteiger partial charge in [-0.25, -0.2) is 4.98 Å². The third kappa shape index (κ3) is 2.45. The summed E-state index contributed by atoms with van der Waals surface area (Å²) < 4.78 is 4.24. The number of aryl methyl sites for hydroxylation is 1. The van der Waals surface area contributed by atoms with Gasteiger partial charge in [0.15, 0.2) is 0 Å². The molecular weight excluding hydrogens is 262 g/mol. The zero-order valence-electron chi connectivity index (χ0n) is 12.5. The first kappa shape index (κ1) is 13.8. The Morgan fingerprint density at radius 1 is 1.33 bits per heavy atom. The third-order valence-electron chi connectivity index (χ3n) is 3.82. The van der Waals surface area contributed by atoms with Crippen molar-refractivity contribution in [1.82, 2.24) is 19.3 Å². The number of nitrogens with zero attached hydrogens (tertiary/aromatic N) is 4. The van der Waals surface area contributed by atoms with Crippen molar-refractivity contribution >= 4 is 11.0 Å². The summed E-state index contributed by atoms with van der Waals surface area (Å²) in [4.78, 5) is 4.84. The highest BCUT2D eigenvalue weighted by atomic mass is 15.3. The van der Waals surface area contributed by atoms with Crippen LogP contribution in [0.15, 0.2) is 36.7 Å². The van der Waals surface area contributed by atoms with E-state index < -0.39 is 0 Å². The molecule has 3 aromatic rings. The monoisotopic (exact) mass is 283 g/mol. The van der Waals surface area contributed by atoms with Crippen LogP contribution in [0.5, 0.6) is 0 Å². The number of rotatable bonds is 5. The van der Waals surface area contributed by atoms with Crippen LogP contribution in [-0.2, 0) is 13.1 Å². The summed E-state index contributed by atoms with van der Waals surface area (Å²) in [5.41, 5.74) is 9.03. The van der Waals surface area contributed by atoms with Gasteiger partial charge in [0.25, 0.3) is 0 Å². The molecule has 0 saturated heterocycles. The fourth-order valence-electron chi connectivity index (χ4n) is 2.73. The fraction of sp³-hybridized carbons (Fsp3) is 0.375. The van der Waals surface area contributed by atoms with E-state index in [0.717, 1.165) is 29.9 Å². The van der Waals surface area contributed by atoms with Gasteiger partial charge in [0.2, 0.25) is 0 Å². The van der Waals surface area contributed by atoms with E-state index in [1.807, 2.05) is 16.9 Å². The van der Waals surface area contributed by atoms with Gasteiger partial charge < -0.3 is 10.3 Å². The molecule has 5 nitrogen and oxygen atoms in total. The van der Waals surface area contributed by atoms with Crippen LogP contribution in [-0.4, -0.2) is 19.3 Å². The SMILES string of the molecule is CCCn1c(C(C)n2cccn2)nc2cc(CN)ccc21. The molecule has 0 saturated carbocycles. The molecule has 0 radical (unpaired) electrons. The van der Waals surface area contributed by atoms with Crippen LogP contribution in [0.4, 0.5) is 0 Å². The van der Waals surface area contributed by atoms with Crippen LogP contribution < -0.4 is 5.73 Å². The quantitative estimate of drug-likeness (QED) is 0.783. The van der Waals surface area contributed by atoms with Gasteiger partial charge in [-0.2, -0.15) is 5.10 Å². The average Bonchev–Trinajstić information content (AvgIpc) is 3.14. The molecule has 2 N–H and O–H groups in total. The normalized spacial score (nSPS) is 12.9. The lowest BCUT2D eigenvalue weighted by atomic mass is 10.2. The van der Waals surface area contributed by atoms with E-state index in [9.17, 15) is 0 Å². The molecule has 21 heavy (non-hydrogen) atoms. The van der Waals surface area contributed by atoms with Gasteiger partial charge in [-0.05, 0) is 37.1 Å². The Morgan fingerprint density at radius 3 is 2.86 bits per heavy atom. The number of hydrogen-bond donors (Lipinski definition) is 1. The van der Waals surface area contributed by atoms with Crippen molar-refractivity contribution in [3.05, 3.63) is 48.0 Å². The van der Waals surface area contributed by atoms with E-state index in [1.54, 1.807) is 6.20 Å². The number of nitrogens with two attached hydrogens (primary N) is 1. The maximum Gasteiger partial charge on any atom is 0.134 e. The molecule has 0 aliphatic carbocycles. The summed E-state index contributed by atoms with van der Waals surface area (Å²) in [6.45, 7) is 5.81. The van der Waals surface area contributed by atoms with Gasteiger partial charge in [-0.15, -0.1) is 0 Å². The van der Waals surface area contributed by atoms with Crippen molar-refractivity contribution in [1.29, 1.82) is 0 Å². The third-order valence-corrected chi connectivity index (χ3v) is 3.82. The van der Waals surface area contributed by atoms with E-state index in [2.05, 4.69) is 41.7 Å². The second kappa shape index (κ2) is 5.69. The maximum atomic E-state index is 5.73. The minimum atomic E-state index is 0.111. The van der Waals surface area contributed by atoms with Gasteiger partial charge in [-0.3, -0.25) is 4.68 Å². The fourth-order valence-corrected chi connectivity index (χ4v) is 2.73. The van der Waals surface area contributed by atoms with E-state index in [4.69, 9.17) is 10.7 Å². The molecule has 5 heteroatoms. The second-order valence-corrected chi connectivity index (χ2v) is 5.31. The van der Waals surface area contributed by atoms with E-state index in [1.165, 1.54) is 5.52 Å². The first-order chi connectivity index (χ1) is 10.2. The summed E-state index contributed by atoms with van der Waals surface area (Å²) >= 11 is 0. The molecular formula is C16H21N5. The lowest BCUT2D eigenvalue weighted by molar-refractivity contribution is 0.505. The average molecular weight is 283 g/mol. The number of imidazole rings is 1. The Kier molecular flexibility index (Phi) is 3.75. The molecule has 0 spiro atoms. The Hall–Kier alpha value is -2.14. The lowest BCUT2D eigenvalue weighted by Gasteiger charge is -2.14. The summed E-state index contributed by atoms with van der Waals surface area (Å²) in [6, 6.07) is 8.34. The van der Waals surface area contributed by atoms with E-state index >= 15 is 0 Å². The molecule has 0 bridgehead atoms. The van der Waals surface area contributed by atoms with Gasteiger partial charge >= 0.3 is 0 Å². The standard InChI is InChI=1S/C16H21N5/c1-3-8-20-15-6-5-13(11-17)10-14(15)19-16(20)12(2)21-9-4-7-18-21/h4-7,9-10,12H,3,8,11,17H2,1-2H3. The van der Waals surface area contributed by atoms with Gasteiger partial charge in [0, 0.05) is 25.5 Å². The van der Waals surface area contributed by atoms with Crippen molar-refractivity contribution in [2.75, 3.05) is 0 Å². The molecule has 2 heterocycles. The highest BCUT2D eigenvalue weighted by Crippen LogP contribution is 2.24. The minimum absolute atomic E-state index is 0.111. The van der Waals surface area contributed by atoms with Crippen LogP contribution in [0.25, 0.3) is 11.0 Å². The van der Waals surface area contributed by atoms with E-state index in [0.29, 0.717) is 6.54 Å². The van der Waals surface area contributed by atoms with Gasteiger partial charge in [0.05, 0.1) is 11.0 Å². The Labute approximate surface area is 124 Å². The first-order valence-corrected chi connectivity index (χ1v) is 7.42. The highest BCUT2D eigenvalue weighted by Gasteiger charge is 2.18. The van der Waals surface area contributed by atoms with Crippen molar-refractivity contribution < 1.29 is 0 Å². The van der Waals surface area contributed by atoms with Crippen LogP contribution in [0.3, 0.4) is 0 Å². The molecule has 1 aromatic carbocycles. The number of aromatic nitrogens is 4. The molecule has 0 fully saturated rings. The molecule has 1 atom stereocenters. The van der Waals surface area contributed by atoms with Gasteiger partial charge in [0.1, 0.15) is 11.9 Å². The van der Waals surface area contributed by atoms with Gasteiger partial charge in [-0.1, -0.05) is 13.0 Å². The lowest BCUT2D eigenvalue weighted by Crippen LogP contribution is -2.14. The predicted octanol–water partition coefficient (Wildman–Crippen LogP) is 2.71.